The number of rotatable bonds is 9. The normalized spacial score (nSPS) is 11.0. The van der Waals surface area contributed by atoms with Gasteiger partial charge in [-0.2, -0.15) is 0 Å². The zero-order valence-corrected chi connectivity index (χ0v) is 19.1. The lowest BCUT2D eigenvalue weighted by Crippen LogP contribution is -2.32. The monoisotopic (exact) mass is 434 g/mol. The quantitative estimate of drug-likeness (QED) is 0.464. The fourth-order valence-electron chi connectivity index (χ4n) is 2.84. The summed E-state index contributed by atoms with van der Waals surface area (Å²) in [4.78, 5) is 2.34. The van der Waals surface area contributed by atoms with Crippen molar-refractivity contribution in [1.82, 2.24) is 5.32 Å². The Bertz CT molecular complexity index is 915. The second-order valence-electron chi connectivity index (χ2n) is 6.93. The van der Waals surface area contributed by atoms with E-state index in [0.29, 0.717) is 10.8 Å². The molecule has 0 atom stereocenters. The van der Waals surface area contributed by atoms with E-state index in [2.05, 4.69) is 53.6 Å². The predicted octanol–water partition coefficient (Wildman–Crippen LogP) is 3.59. The van der Waals surface area contributed by atoms with Gasteiger partial charge in [0.2, 0.25) is 10.0 Å². The molecule has 2 aromatic rings. The molecule has 0 aromatic heterocycles. The van der Waals surface area contributed by atoms with Crippen molar-refractivity contribution in [2.75, 3.05) is 47.5 Å². The third kappa shape index (κ3) is 7.21. The van der Waals surface area contributed by atoms with Crippen molar-refractivity contribution in [3.63, 3.8) is 0 Å². The minimum Gasteiger partial charge on any atom is -0.372 e. The number of hydrogen-bond donors (Lipinski definition) is 2. The van der Waals surface area contributed by atoms with Crippen LogP contribution in [0.25, 0.3) is 0 Å². The van der Waals surface area contributed by atoms with Crippen LogP contribution in [0.2, 0.25) is 0 Å². The minimum absolute atomic E-state index is 0.516. The number of aryl methyl sites for hydroxylation is 1. The molecule has 0 heterocycles. The highest BCUT2D eigenvalue weighted by molar-refractivity contribution is 7.92. The maximum atomic E-state index is 11.7. The van der Waals surface area contributed by atoms with Crippen LogP contribution in [0.1, 0.15) is 18.9 Å². The van der Waals surface area contributed by atoms with E-state index in [-0.39, 0.29) is 0 Å². The van der Waals surface area contributed by atoms with Gasteiger partial charge in [-0.1, -0.05) is 23.8 Å². The van der Waals surface area contributed by atoms with Crippen LogP contribution < -0.4 is 19.8 Å². The molecule has 0 aliphatic rings. The highest BCUT2D eigenvalue weighted by atomic mass is 32.2. The van der Waals surface area contributed by atoms with E-state index in [1.54, 1.807) is 18.2 Å². The largest absolute Gasteiger partial charge is 0.372 e. The number of thiocarbonyl (C=S) groups is 1. The molecule has 0 unspecified atom stereocenters. The van der Waals surface area contributed by atoms with Gasteiger partial charge in [0, 0.05) is 38.1 Å². The van der Waals surface area contributed by atoms with Gasteiger partial charge in [0.25, 0.3) is 0 Å². The molecule has 2 rings (SSSR count). The van der Waals surface area contributed by atoms with Crippen molar-refractivity contribution in [3.8, 4) is 0 Å². The van der Waals surface area contributed by atoms with Crippen LogP contribution in [0.3, 0.4) is 0 Å². The molecule has 158 valence electrons. The SMILES string of the molecule is CCN(CCCNC(=S)Nc1cccc(N(C)S(C)(=O)=O)c1)c1ccc(C)cc1. The van der Waals surface area contributed by atoms with Crippen molar-refractivity contribution in [1.29, 1.82) is 0 Å². The second-order valence-corrected chi connectivity index (χ2v) is 9.35. The number of benzene rings is 2. The first-order valence-corrected chi connectivity index (χ1v) is 11.9. The lowest BCUT2D eigenvalue weighted by Gasteiger charge is -2.23. The summed E-state index contributed by atoms with van der Waals surface area (Å²) < 4.78 is 24.6. The Morgan fingerprint density at radius 1 is 1.10 bits per heavy atom. The fourth-order valence-corrected chi connectivity index (χ4v) is 3.56. The van der Waals surface area contributed by atoms with Gasteiger partial charge in [0.05, 0.1) is 11.9 Å². The van der Waals surface area contributed by atoms with Gasteiger partial charge in [-0.05, 0) is 62.8 Å². The Morgan fingerprint density at radius 3 is 2.41 bits per heavy atom. The second kappa shape index (κ2) is 10.5. The molecule has 0 saturated carbocycles. The van der Waals surface area contributed by atoms with E-state index in [0.717, 1.165) is 31.7 Å². The molecule has 0 aliphatic heterocycles. The zero-order valence-electron chi connectivity index (χ0n) is 17.5. The average molecular weight is 435 g/mol. The highest BCUT2D eigenvalue weighted by Gasteiger charge is 2.12. The standard InChI is InChI=1S/C21H30N4O2S2/c1-5-25(19-12-10-17(2)11-13-19)15-7-14-22-21(28)23-18-8-6-9-20(16-18)24(3)29(4,26)27/h6,8-13,16H,5,7,14-15H2,1-4H3,(H2,22,23,28). The maximum Gasteiger partial charge on any atom is 0.231 e. The van der Waals surface area contributed by atoms with E-state index in [1.165, 1.54) is 28.9 Å². The lowest BCUT2D eigenvalue weighted by molar-refractivity contribution is 0.600. The third-order valence-electron chi connectivity index (χ3n) is 4.64. The minimum atomic E-state index is -3.30. The van der Waals surface area contributed by atoms with Gasteiger partial charge in [-0.25, -0.2) is 8.42 Å². The molecule has 0 radical (unpaired) electrons. The first-order valence-electron chi connectivity index (χ1n) is 9.61. The van der Waals surface area contributed by atoms with Crippen molar-refractivity contribution >= 4 is 44.4 Å². The van der Waals surface area contributed by atoms with Crippen LogP contribution in [0, 0.1) is 6.92 Å². The Balaban J connectivity index is 1.82. The lowest BCUT2D eigenvalue weighted by atomic mass is 10.2. The van der Waals surface area contributed by atoms with Gasteiger partial charge < -0.3 is 15.5 Å². The smallest absolute Gasteiger partial charge is 0.231 e. The van der Waals surface area contributed by atoms with Crippen molar-refractivity contribution < 1.29 is 8.42 Å². The van der Waals surface area contributed by atoms with Crippen molar-refractivity contribution in [2.24, 2.45) is 0 Å². The summed E-state index contributed by atoms with van der Waals surface area (Å²) in [5.74, 6) is 0. The Morgan fingerprint density at radius 2 is 1.79 bits per heavy atom. The molecule has 2 aromatic carbocycles. The van der Waals surface area contributed by atoms with Crippen LogP contribution in [0.4, 0.5) is 17.1 Å². The molecule has 0 spiro atoms. The van der Waals surface area contributed by atoms with Crippen LogP contribution in [0.15, 0.2) is 48.5 Å². The summed E-state index contributed by atoms with van der Waals surface area (Å²) in [5.41, 5.74) is 3.81. The van der Waals surface area contributed by atoms with E-state index in [1.807, 2.05) is 6.07 Å². The predicted molar refractivity (Wildman–Crippen MR) is 128 cm³/mol. The van der Waals surface area contributed by atoms with Gasteiger partial charge in [-0.15, -0.1) is 0 Å². The molecule has 29 heavy (non-hydrogen) atoms. The zero-order chi connectivity index (χ0) is 21.4. The number of nitrogens with zero attached hydrogens (tertiary/aromatic N) is 2. The van der Waals surface area contributed by atoms with Gasteiger partial charge in [0.1, 0.15) is 0 Å². The van der Waals surface area contributed by atoms with Crippen LogP contribution in [-0.2, 0) is 10.0 Å². The van der Waals surface area contributed by atoms with E-state index in [9.17, 15) is 8.42 Å². The molecule has 0 amide bonds. The molecule has 6 nitrogen and oxygen atoms in total. The summed E-state index contributed by atoms with van der Waals surface area (Å²) in [6.07, 6.45) is 2.12. The van der Waals surface area contributed by atoms with Crippen LogP contribution in [-0.4, -0.2) is 46.5 Å². The molecule has 0 saturated heterocycles. The molecule has 2 N–H and O–H groups in total. The van der Waals surface area contributed by atoms with Crippen LogP contribution in [0.5, 0.6) is 0 Å². The Labute approximate surface area is 180 Å². The first-order chi connectivity index (χ1) is 13.7. The molecular formula is C21H30N4O2S2. The topological polar surface area (TPSA) is 64.7 Å². The van der Waals surface area contributed by atoms with Gasteiger partial charge in [-0.3, -0.25) is 4.31 Å². The van der Waals surface area contributed by atoms with E-state index >= 15 is 0 Å². The third-order valence-corrected chi connectivity index (χ3v) is 6.09. The van der Waals surface area contributed by atoms with Gasteiger partial charge >= 0.3 is 0 Å². The van der Waals surface area contributed by atoms with Crippen molar-refractivity contribution in [3.05, 3.63) is 54.1 Å². The highest BCUT2D eigenvalue weighted by Crippen LogP contribution is 2.20. The Hall–Kier alpha value is -2.32. The van der Waals surface area contributed by atoms with E-state index < -0.39 is 10.0 Å². The molecule has 0 bridgehead atoms. The molecule has 8 heteroatoms. The fraction of sp³-hybridized carbons (Fsp3) is 0.381. The summed E-state index contributed by atoms with van der Waals surface area (Å²) in [6, 6.07) is 15.7. The first kappa shape index (κ1) is 23.0. The number of sulfonamides is 1. The van der Waals surface area contributed by atoms with Gasteiger partial charge in [0.15, 0.2) is 5.11 Å². The maximum absolute atomic E-state index is 11.7. The number of nitrogens with one attached hydrogen (secondary N) is 2. The van der Waals surface area contributed by atoms with E-state index in [4.69, 9.17) is 12.2 Å². The Kier molecular flexibility index (Phi) is 8.28. The summed E-state index contributed by atoms with van der Waals surface area (Å²) in [6.45, 7) is 6.88. The summed E-state index contributed by atoms with van der Waals surface area (Å²) >= 11 is 5.37. The molecular weight excluding hydrogens is 404 g/mol. The summed E-state index contributed by atoms with van der Waals surface area (Å²) in [5, 5.41) is 6.84. The molecule has 0 aliphatic carbocycles. The summed E-state index contributed by atoms with van der Waals surface area (Å²) in [7, 11) is -1.78. The number of anilines is 3. The van der Waals surface area contributed by atoms with Crippen molar-refractivity contribution in [2.45, 2.75) is 20.3 Å². The average Bonchev–Trinajstić information content (AvgIpc) is 2.68. The number of hydrogen-bond acceptors (Lipinski definition) is 4. The van der Waals surface area contributed by atoms with Crippen LogP contribution >= 0.6 is 12.2 Å². The molecule has 0 fully saturated rings.